The SMILES string of the molecule is Cc1nn(C)c(CN)c1C.N. The molecule has 4 heteroatoms. The molecule has 0 saturated carbocycles. The molecule has 0 aliphatic carbocycles. The maximum Gasteiger partial charge on any atom is 0.0626 e. The van der Waals surface area contributed by atoms with Crippen molar-refractivity contribution in [2.45, 2.75) is 20.4 Å². The highest BCUT2D eigenvalue weighted by Crippen LogP contribution is 2.09. The zero-order chi connectivity index (χ0) is 7.72. The van der Waals surface area contributed by atoms with E-state index in [1.165, 1.54) is 5.56 Å². The second kappa shape index (κ2) is 3.50. The first-order chi connectivity index (χ1) is 4.66. The Labute approximate surface area is 67.0 Å². The molecule has 0 radical (unpaired) electrons. The Balaban J connectivity index is 0.000001000. The van der Waals surface area contributed by atoms with Gasteiger partial charge < -0.3 is 11.9 Å². The largest absolute Gasteiger partial charge is 0.344 e. The summed E-state index contributed by atoms with van der Waals surface area (Å²) in [6.45, 7) is 4.61. The molecule has 0 bridgehead atoms. The summed E-state index contributed by atoms with van der Waals surface area (Å²) >= 11 is 0. The van der Waals surface area contributed by atoms with Crippen molar-refractivity contribution in [1.29, 1.82) is 0 Å². The highest BCUT2D eigenvalue weighted by atomic mass is 15.3. The third-order valence-electron chi connectivity index (χ3n) is 1.86. The summed E-state index contributed by atoms with van der Waals surface area (Å²) in [5.41, 5.74) is 8.91. The number of hydrogen-bond acceptors (Lipinski definition) is 3. The van der Waals surface area contributed by atoms with Crippen LogP contribution in [0.3, 0.4) is 0 Å². The van der Waals surface area contributed by atoms with Crippen molar-refractivity contribution in [3.63, 3.8) is 0 Å². The topological polar surface area (TPSA) is 78.8 Å². The van der Waals surface area contributed by atoms with Gasteiger partial charge in [-0.25, -0.2) is 0 Å². The van der Waals surface area contributed by atoms with Gasteiger partial charge in [-0.3, -0.25) is 4.68 Å². The van der Waals surface area contributed by atoms with Crippen molar-refractivity contribution >= 4 is 0 Å². The number of aromatic nitrogens is 2. The van der Waals surface area contributed by atoms with Crippen molar-refractivity contribution in [3.05, 3.63) is 17.0 Å². The van der Waals surface area contributed by atoms with Crippen LogP contribution in [0.15, 0.2) is 0 Å². The number of hydrogen-bond donors (Lipinski definition) is 2. The molecule has 0 aromatic carbocycles. The standard InChI is InChI=1S/C7H13N3.H3N/c1-5-6(2)9-10(3)7(5)4-8;/h4,8H2,1-3H3;1H3. The van der Waals surface area contributed by atoms with Gasteiger partial charge in [0.25, 0.3) is 0 Å². The summed E-state index contributed by atoms with van der Waals surface area (Å²) in [6.07, 6.45) is 0. The summed E-state index contributed by atoms with van der Waals surface area (Å²) < 4.78 is 1.84. The molecule has 0 amide bonds. The highest BCUT2D eigenvalue weighted by molar-refractivity contribution is 5.22. The van der Waals surface area contributed by atoms with Crippen LogP contribution in [0, 0.1) is 13.8 Å². The molecule has 1 aromatic heterocycles. The van der Waals surface area contributed by atoms with Crippen molar-refractivity contribution in [2.75, 3.05) is 0 Å². The summed E-state index contributed by atoms with van der Waals surface area (Å²) in [4.78, 5) is 0. The van der Waals surface area contributed by atoms with Crippen LogP contribution in [0.4, 0.5) is 0 Å². The number of rotatable bonds is 1. The fourth-order valence-electron chi connectivity index (χ4n) is 1.10. The third-order valence-corrected chi connectivity index (χ3v) is 1.86. The van der Waals surface area contributed by atoms with Crippen LogP contribution in [0.2, 0.25) is 0 Å². The van der Waals surface area contributed by atoms with Crippen LogP contribution >= 0.6 is 0 Å². The first-order valence-electron chi connectivity index (χ1n) is 3.36. The minimum atomic E-state index is 0. The summed E-state index contributed by atoms with van der Waals surface area (Å²) in [5.74, 6) is 0. The molecule has 5 N–H and O–H groups in total. The Morgan fingerprint density at radius 1 is 1.45 bits per heavy atom. The molecular weight excluding hydrogens is 140 g/mol. The molecule has 0 aliphatic heterocycles. The first kappa shape index (κ1) is 10.1. The van der Waals surface area contributed by atoms with Gasteiger partial charge in [0.05, 0.1) is 11.4 Å². The van der Waals surface area contributed by atoms with E-state index in [-0.39, 0.29) is 6.15 Å². The van der Waals surface area contributed by atoms with E-state index >= 15 is 0 Å². The predicted octanol–water partition coefficient (Wildman–Crippen LogP) is 0.658. The molecule has 0 atom stereocenters. The second-order valence-electron chi connectivity index (χ2n) is 2.48. The molecular formula is C7H16N4. The first-order valence-corrected chi connectivity index (χ1v) is 3.36. The zero-order valence-corrected chi connectivity index (χ0v) is 7.39. The Morgan fingerprint density at radius 2 is 2.00 bits per heavy atom. The maximum absolute atomic E-state index is 5.50. The average molecular weight is 156 g/mol. The van der Waals surface area contributed by atoms with Gasteiger partial charge in [-0.05, 0) is 19.4 Å². The van der Waals surface area contributed by atoms with Crippen molar-refractivity contribution in [2.24, 2.45) is 12.8 Å². The van der Waals surface area contributed by atoms with E-state index in [1.807, 2.05) is 25.6 Å². The van der Waals surface area contributed by atoms with Gasteiger partial charge in [-0.1, -0.05) is 0 Å². The lowest BCUT2D eigenvalue weighted by molar-refractivity contribution is 0.704. The minimum Gasteiger partial charge on any atom is -0.344 e. The van der Waals surface area contributed by atoms with E-state index in [9.17, 15) is 0 Å². The van der Waals surface area contributed by atoms with E-state index in [0.29, 0.717) is 6.54 Å². The van der Waals surface area contributed by atoms with Crippen LogP contribution in [0.5, 0.6) is 0 Å². The van der Waals surface area contributed by atoms with E-state index in [1.54, 1.807) is 0 Å². The third kappa shape index (κ3) is 1.58. The highest BCUT2D eigenvalue weighted by Gasteiger charge is 2.05. The molecule has 4 nitrogen and oxygen atoms in total. The Bertz CT molecular complexity index is 239. The molecule has 64 valence electrons. The lowest BCUT2D eigenvalue weighted by atomic mass is 10.2. The van der Waals surface area contributed by atoms with Gasteiger partial charge in [0.2, 0.25) is 0 Å². The molecule has 0 spiro atoms. The summed E-state index contributed by atoms with van der Waals surface area (Å²) in [6, 6.07) is 0. The Kier molecular flexibility index (Phi) is 3.22. The molecule has 1 heterocycles. The van der Waals surface area contributed by atoms with Crippen LogP contribution in [-0.2, 0) is 13.6 Å². The molecule has 0 aliphatic rings. The number of nitrogens with zero attached hydrogens (tertiary/aromatic N) is 2. The number of aryl methyl sites for hydroxylation is 2. The second-order valence-corrected chi connectivity index (χ2v) is 2.48. The Hall–Kier alpha value is -0.870. The van der Waals surface area contributed by atoms with Gasteiger partial charge in [-0.15, -0.1) is 0 Å². The molecule has 0 saturated heterocycles. The van der Waals surface area contributed by atoms with Gasteiger partial charge >= 0.3 is 0 Å². The number of nitrogens with two attached hydrogens (primary N) is 1. The molecule has 11 heavy (non-hydrogen) atoms. The minimum absolute atomic E-state index is 0. The fraction of sp³-hybridized carbons (Fsp3) is 0.571. The molecule has 1 aromatic rings. The lowest BCUT2D eigenvalue weighted by Crippen LogP contribution is -2.05. The van der Waals surface area contributed by atoms with Gasteiger partial charge in [-0.2, -0.15) is 5.10 Å². The summed E-state index contributed by atoms with van der Waals surface area (Å²) in [5, 5.41) is 4.22. The van der Waals surface area contributed by atoms with E-state index in [0.717, 1.165) is 11.4 Å². The van der Waals surface area contributed by atoms with Crippen LogP contribution in [0.1, 0.15) is 17.0 Å². The van der Waals surface area contributed by atoms with E-state index in [4.69, 9.17) is 5.73 Å². The molecule has 1 rings (SSSR count). The normalized spacial score (nSPS) is 9.45. The smallest absolute Gasteiger partial charge is 0.0626 e. The monoisotopic (exact) mass is 156 g/mol. The molecule has 0 unspecified atom stereocenters. The van der Waals surface area contributed by atoms with Crippen molar-refractivity contribution in [3.8, 4) is 0 Å². The van der Waals surface area contributed by atoms with Crippen molar-refractivity contribution in [1.82, 2.24) is 15.9 Å². The molecule has 0 fully saturated rings. The van der Waals surface area contributed by atoms with Crippen LogP contribution in [-0.4, -0.2) is 9.78 Å². The van der Waals surface area contributed by atoms with Gasteiger partial charge in [0.1, 0.15) is 0 Å². The summed E-state index contributed by atoms with van der Waals surface area (Å²) in [7, 11) is 1.92. The van der Waals surface area contributed by atoms with Gasteiger partial charge in [0.15, 0.2) is 0 Å². The van der Waals surface area contributed by atoms with Crippen LogP contribution in [0.25, 0.3) is 0 Å². The zero-order valence-electron chi connectivity index (χ0n) is 7.39. The van der Waals surface area contributed by atoms with E-state index in [2.05, 4.69) is 5.10 Å². The Morgan fingerprint density at radius 3 is 2.18 bits per heavy atom. The predicted molar refractivity (Wildman–Crippen MR) is 45.6 cm³/mol. The average Bonchev–Trinajstić information content (AvgIpc) is 2.09. The quantitative estimate of drug-likeness (QED) is 0.626. The maximum atomic E-state index is 5.50. The van der Waals surface area contributed by atoms with E-state index < -0.39 is 0 Å². The lowest BCUT2D eigenvalue weighted by Gasteiger charge is -1.96. The fourth-order valence-corrected chi connectivity index (χ4v) is 1.10. The van der Waals surface area contributed by atoms with Crippen molar-refractivity contribution < 1.29 is 0 Å². The van der Waals surface area contributed by atoms with Crippen LogP contribution < -0.4 is 11.9 Å². The van der Waals surface area contributed by atoms with Gasteiger partial charge in [0, 0.05) is 13.6 Å².